The number of carbonyl (C=O) groups excluding carboxylic acids is 1. The van der Waals surface area contributed by atoms with Gasteiger partial charge in [0.2, 0.25) is 0 Å². The summed E-state index contributed by atoms with van der Waals surface area (Å²) in [6.07, 6.45) is 3.07. The van der Waals surface area contributed by atoms with E-state index in [-0.39, 0.29) is 5.91 Å². The molecule has 0 spiro atoms. The number of aromatic nitrogens is 2. The molecule has 1 fully saturated rings. The van der Waals surface area contributed by atoms with Crippen molar-refractivity contribution in [2.24, 2.45) is 7.05 Å². The SMILES string of the molecule is CCc1cc(C(=O)N2CCCC(NC)C2)n(C)n1. The van der Waals surface area contributed by atoms with Gasteiger partial charge in [0.25, 0.3) is 5.91 Å². The van der Waals surface area contributed by atoms with Crippen molar-refractivity contribution in [3.8, 4) is 0 Å². The molecule has 1 aliphatic heterocycles. The van der Waals surface area contributed by atoms with E-state index in [1.54, 1.807) is 4.68 Å². The van der Waals surface area contributed by atoms with Crippen LogP contribution in [-0.2, 0) is 13.5 Å². The van der Waals surface area contributed by atoms with Gasteiger partial charge >= 0.3 is 0 Å². The molecule has 0 aromatic carbocycles. The first kappa shape index (κ1) is 13.1. The number of likely N-dealkylation sites (N-methyl/N-ethyl adjacent to an activating group) is 1. The molecule has 2 heterocycles. The molecule has 1 saturated heterocycles. The van der Waals surface area contributed by atoms with Crippen LogP contribution in [0.15, 0.2) is 6.07 Å². The number of nitrogens with one attached hydrogen (secondary N) is 1. The Morgan fingerprint density at radius 3 is 3.00 bits per heavy atom. The van der Waals surface area contributed by atoms with Gasteiger partial charge in [-0.2, -0.15) is 5.10 Å². The Hall–Kier alpha value is -1.36. The smallest absolute Gasteiger partial charge is 0.272 e. The number of carbonyl (C=O) groups is 1. The summed E-state index contributed by atoms with van der Waals surface area (Å²) < 4.78 is 1.70. The van der Waals surface area contributed by atoms with E-state index in [0.717, 1.165) is 38.0 Å². The molecular formula is C13H22N4O. The van der Waals surface area contributed by atoms with Crippen LogP contribution in [0, 0.1) is 0 Å². The molecule has 0 bridgehead atoms. The van der Waals surface area contributed by atoms with Crippen LogP contribution in [-0.4, -0.2) is 46.8 Å². The zero-order valence-electron chi connectivity index (χ0n) is 11.4. The van der Waals surface area contributed by atoms with Crippen molar-refractivity contribution in [2.45, 2.75) is 32.2 Å². The Balaban J connectivity index is 2.12. The minimum absolute atomic E-state index is 0.102. The summed E-state index contributed by atoms with van der Waals surface area (Å²) in [5, 5.41) is 7.59. The highest BCUT2D eigenvalue weighted by molar-refractivity contribution is 5.92. The number of amides is 1. The molecule has 1 aliphatic rings. The fraction of sp³-hybridized carbons (Fsp3) is 0.692. The summed E-state index contributed by atoms with van der Waals surface area (Å²) in [5.41, 5.74) is 1.67. The van der Waals surface area contributed by atoms with Crippen LogP contribution in [0.25, 0.3) is 0 Å². The average Bonchev–Trinajstić information content (AvgIpc) is 2.79. The van der Waals surface area contributed by atoms with Crippen LogP contribution in [0.3, 0.4) is 0 Å². The zero-order chi connectivity index (χ0) is 13.1. The Morgan fingerprint density at radius 1 is 1.61 bits per heavy atom. The van der Waals surface area contributed by atoms with Gasteiger partial charge in [0.05, 0.1) is 5.69 Å². The molecule has 5 nitrogen and oxygen atoms in total. The van der Waals surface area contributed by atoms with Gasteiger partial charge in [0, 0.05) is 26.2 Å². The number of likely N-dealkylation sites (tertiary alicyclic amines) is 1. The maximum Gasteiger partial charge on any atom is 0.272 e. The molecule has 1 atom stereocenters. The van der Waals surface area contributed by atoms with E-state index < -0.39 is 0 Å². The van der Waals surface area contributed by atoms with Crippen LogP contribution in [0.2, 0.25) is 0 Å². The van der Waals surface area contributed by atoms with Crippen LogP contribution in [0.1, 0.15) is 35.9 Å². The highest BCUT2D eigenvalue weighted by Gasteiger charge is 2.25. The zero-order valence-corrected chi connectivity index (χ0v) is 11.4. The summed E-state index contributed by atoms with van der Waals surface area (Å²) in [6, 6.07) is 2.33. The summed E-state index contributed by atoms with van der Waals surface area (Å²) >= 11 is 0. The van der Waals surface area contributed by atoms with Gasteiger partial charge in [-0.3, -0.25) is 9.48 Å². The highest BCUT2D eigenvalue weighted by Crippen LogP contribution is 2.14. The lowest BCUT2D eigenvalue weighted by molar-refractivity contribution is 0.0687. The van der Waals surface area contributed by atoms with Crippen molar-refractivity contribution in [2.75, 3.05) is 20.1 Å². The minimum atomic E-state index is 0.102. The van der Waals surface area contributed by atoms with E-state index in [0.29, 0.717) is 11.7 Å². The number of nitrogens with zero attached hydrogens (tertiary/aromatic N) is 3. The van der Waals surface area contributed by atoms with E-state index in [2.05, 4.69) is 17.3 Å². The molecule has 18 heavy (non-hydrogen) atoms. The van der Waals surface area contributed by atoms with E-state index in [4.69, 9.17) is 0 Å². The maximum absolute atomic E-state index is 12.4. The first-order valence-electron chi connectivity index (χ1n) is 6.65. The Kier molecular flexibility index (Phi) is 4.01. The second kappa shape index (κ2) is 5.52. The molecule has 2 rings (SSSR count). The monoisotopic (exact) mass is 250 g/mol. The summed E-state index contributed by atoms with van der Waals surface area (Å²) in [6.45, 7) is 3.69. The van der Waals surface area contributed by atoms with Crippen LogP contribution in [0.4, 0.5) is 0 Å². The van der Waals surface area contributed by atoms with E-state index in [1.165, 1.54) is 0 Å². The van der Waals surface area contributed by atoms with E-state index >= 15 is 0 Å². The number of hydrogen-bond acceptors (Lipinski definition) is 3. The third-order valence-corrected chi connectivity index (χ3v) is 3.63. The van der Waals surface area contributed by atoms with Crippen LogP contribution in [0.5, 0.6) is 0 Å². The highest BCUT2D eigenvalue weighted by atomic mass is 16.2. The Bertz CT molecular complexity index is 427. The maximum atomic E-state index is 12.4. The summed E-state index contributed by atoms with van der Waals surface area (Å²) in [4.78, 5) is 14.4. The number of piperidine rings is 1. The Labute approximate surface area is 108 Å². The van der Waals surface area contributed by atoms with Crippen molar-refractivity contribution in [3.05, 3.63) is 17.5 Å². The number of aryl methyl sites for hydroxylation is 2. The number of hydrogen-bond donors (Lipinski definition) is 1. The average molecular weight is 250 g/mol. The second-order valence-corrected chi connectivity index (χ2v) is 4.88. The van der Waals surface area contributed by atoms with Crippen molar-refractivity contribution in [3.63, 3.8) is 0 Å². The van der Waals surface area contributed by atoms with Gasteiger partial charge < -0.3 is 10.2 Å². The first-order valence-corrected chi connectivity index (χ1v) is 6.65. The first-order chi connectivity index (χ1) is 8.65. The van der Waals surface area contributed by atoms with Gasteiger partial charge in [-0.15, -0.1) is 0 Å². The predicted octanol–water partition coefficient (Wildman–Crippen LogP) is 0.806. The lowest BCUT2D eigenvalue weighted by Crippen LogP contribution is -2.47. The molecule has 5 heteroatoms. The molecule has 1 unspecified atom stereocenters. The van der Waals surface area contributed by atoms with Crippen molar-refractivity contribution >= 4 is 5.91 Å². The molecule has 0 radical (unpaired) electrons. The van der Waals surface area contributed by atoms with Gasteiger partial charge in [-0.25, -0.2) is 0 Å². The molecule has 100 valence electrons. The third kappa shape index (κ3) is 2.56. The number of rotatable bonds is 3. The topological polar surface area (TPSA) is 50.2 Å². The lowest BCUT2D eigenvalue weighted by atomic mass is 10.1. The fourth-order valence-electron chi connectivity index (χ4n) is 2.46. The van der Waals surface area contributed by atoms with E-state index in [1.807, 2.05) is 25.1 Å². The molecule has 1 aromatic rings. The molecule has 0 aliphatic carbocycles. The van der Waals surface area contributed by atoms with Gasteiger partial charge in [-0.05, 0) is 32.4 Å². The lowest BCUT2D eigenvalue weighted by Gasteiger charge is -2.32. The summed E-state index contributed by atoms with van der Waals surface area (Å²) in [5.74, 6) is 0.102. The molecule has 0 saturated carbocycles. The predicted molar refractivity (Wildman–Crippen MR) is 70.6 cm³/mol. The molecule has 1 aromatic heterocycles. The largest absolute Gasteiger partial charge is 0.336 e. The molecule has 1 amide bonds. The van der Waals surface area contributed by atoms with Crippen LogP contribution < -0.4 is 5.32 Å². The molecule has 1 N–H and O–H groups in total. The van der Waals surface area contributed by atoms with Crippen molar-refractivity contribution < 1.29 is 4.79 Å². The van der Waals surface area contributed by atoms with Gasteiger partial charge in [0.1, 0.15) is 5.69 Å². The standard InChI is InChI=1S/C13H22N4O/c1-4-10-8-12(16(3)15-10)13(18)17-7-5-6-11(9-17)14-2/h8,11,14H,4-7,9H2,1-3H3. The van der Waals surface area contributed by atoms with Crippen molar-refractivity contribution in [1.29, 1.82) is 0 Å². The molecular weight excluding hydrogens is 228 g/mol. The third-order valence-electron chi connectivity index (χ3n) is 3.63. The fourth-order valence-corrected chi connectivity index (χ4v) is 2.46. The summed E-state index contributed by atoms with van der Waals surface area (Å²) in [7, 11) is 3.80. The van der Waals surface area contributed by atoms with Gasteiger partial charge in [0.15, 0.2) is 0 Å². The minimum Gasteiger partial charge on any atom is -0.336 e. The normalized spacial score (nSPS) is 20.2. The van der Waals surface area contributed by atoms with Crippen molar-refractivity contribution in [1.82, 2.24) is 20.0 Å². The van der Waals surface area contributed by atoms with Crippen LogP contribution >= 0.6 is 0 Å². The second-order valence-electron chi connectivity index (χ2n) is 4.88. The quantitative estimate of drug-likeness (QED) is 0.863. The van der Waals surface area contributed by atoms with Gasteiger partial charge in [-0.1, -0.05) is 6.92 Å². The van der Waals surface area contributed by atoms with E-state index in [9.17, 15) is 4.79 Å². The Morgan fingerprint density at radius 2 is 2.39 bits per heavy atom.